The predicted octanol–water partition coefficient (Wildman–Crippen LogP) is 6.25. The van der Waals surface area contributed by atoms with Crippen LogP contribution in [0.25, 0.3) is 0 Å². The van der Waals surface area contributed by atoms with Crippen molar-refractivity contribution < 1.29 is 58.6 Å². The van der Waals surface area contributed by atoms with Crippen LogP contribution >= 0.6 is 0 Å². The average molecular weight is 900 g/mol. The van der Waals surface area contributed by atoms with Crippen molar-refractivity contribution >= 4 is 23.4 Å². The number of carbonyl (C=O) groups is 4. The maximum absolute atomic E-state index is 14.0. The summed E-state index contributed by atoms with van der Waals surface area (Å²) in [5.41, 5.74) is 1.22. The molecular weight excluding hydrogens is 819 g/mol. The van der Waals surface area contributed by atoms with E-state index in [0.29, 0.717) is 63.4 Å². The van der Waals surface area contributed by atoms with Gasteiger partial charge in [-0.25, -0.2) is 4.79 Å². The zero-order valence-electron chi connectivity index (χ0n) is 40.3. The van der Waals surface area contributed by atoms with Gasteiger partial charge in [0.15, 0.2) is 5.78 Å². The molecule has 362 valence electrons. The van der Waals surface area contributed by atoms with Crippen LogP contribution in [0.5, 0.6) is 0 Å². The minimum Gasteiger partial charge on any atom is -0.461 e. The van der Waals surface area contributed by atoms with Crippen molar-refractivity contribution in [2.45, 2.75) is 180 Å². The van der Waals surface area contributed by atoms with Crippen molar-refractivity contribution in [2.24, 2.45) is 40.9 Å². The first-order valence-electron chi connectivity index (χ1n) is 23.9. The third-order valence-corrected chi connectivity index (χ3v) is 15.2. The van der Waals surface area contributed by atoms with Crippen molar-refractivity contribution in [1.82, 2.24) is 4.90 Å². The summed E-state index contributed by atoms with van der Waals surface area (Å²) in [6, 6.07) is -0.963. The summed E-state index contributed by atoms with van der Waals surface area (Å²) in [6.45, 7) is 13.7. The molecule has 2 bridgehead atoms. The van der Waals surface area contributed by atoms with E-state index < -0.39 is 66.2 Å². The van der Waals surface area contributed by atoms with E-state index in [4.69, 9.17) is 18.9 Å². The summed E-state index contributed by atoms with van der Waals surface area (Å²) < 4.78 is 23.3. The molecule has 0 radical (unpaired) electrons. The van der Waals surface area contributed by atoms with Gasteiger partial charge < -0.3 is 44.3 Å². The number of piperidine rings is 1. The number of allylic oxidation sites excluding steroid dienone is 6. The second kappa shape index (κ2) is 24.6. The molecule has 3 fully saturated rings. The second-order valence-electron chi connectivity index (χ2n) is 19.9. The van der Waals surface area contributed by atoms with Gasteiger partial charge in [-0.3, -0.25) is 14.4 Å². The smallest absolute Gasteiger partial charge is 0.329 e. The number of hydrogen-bond acceptors (Lipinski definition) is 12. The van der Waals surface area contributed by atoms with Crippen LogP contribution in [-0.2, 0) is 38.1 Å². The van der Waals surface area contributed by atoms with Gasteiger partial charge in [0.05, 0.1) is 24.4 Å². The molecule has 0 spiro atoms. The first-order valence-corrected chi connectivity index (χ1v) is 23.9. The SMILES string of the molecule is CO[C@H]1C[C@@H](O)CC[C@@H](C)[C@H](O)C(=O)C(=O)N2CCCC[C@@H]2C(=O)O[C@H]2CC([C@H]3CC[C@@H](O)[C@H](OC)C3)(C[C@H](C)/C=C(\C)[C@@H](O)[C@@H](OC)C(=O)[C@H](C)C[C@H](C)C=CC=C/C=C/1C)C2C. The lowest BCUT2D eigenvalue weighted by Crippen LogP contribution is -2.60. The maximum Gasteiger partial charge on any atom is 0.329 e. The molecule has 0 aromatic carbocycles. The molecular formula is C51H81NO12. The number of Topliss-reactive ketones (excluding diaryl/α,β-unsaturated/α-hetero) is 2. The van der Waals surface area contributed by atoms with Crippen LogP contribution < -0.4 is 0 Å². The van der Waals surface area contributed by atoms with Gasteiger partial charge in [-0.05, 0) is 131 Å². The molecule has 0 aromatic rings. The molecule has 64 heavy (non-hydrogen) atoms. The van der Waals surface area contributed by atoms with Gasteiger partial charge in [-0.1, -0.05) is 71.1 Å². The molecule has 16 atom stereocenters. The third-order valence-electron chi connectivity index (χ3n) is 15.2. The number of rotatable bonds is 4. The first-order chi connectivity index (χ1) is 30.3. The molecule has 13 nitrogen and oxygen atoms in total. The third kappa shape index (κ3) is 13.3. The molecule has 2 unspecified atom stereocenters. The minimum atomic E-state index is -1.60. The molecule has 1 saturated heterocycles. The molecule has 13 heteroatoms. The van der Waals surface area contributed by atoms with Gasteiger partial charge in [0.2, 0.25) is 5.78 Å². The fraction of sp³-hybridized carbons (Fsp3) is 0.765. The van der Waals surface area contributed by atoms with Crippen molar-refractivity contribution in [3.8, 4) is 0 Å². The number of hydrogen-bond donors (Lipinski definition) is 4. The molecule has 4 N–H and O–H groups in total. The van der Waals surface area contributed by atoms with Crippen LogP contribution in [0.1, 0.15) is 126 Å². The highest BCUT2D eigenvalue weighted by molar-refractivity contribution is 6.38. The minimum absolute atomic E-state index is 0.0487. The largest absolute Gasteiger partial charge is 0.461 e. The van der Waals surface area contributed by atoms with E-state index in [-0.39, 0.29) is 72.4 Å². The number of carbonyl (C=O) groups excluding carboxylic acids is 4. The number of ether oxygens (including phenoxy) is 4. The highest BCUT2D eigenvalue weighted by Crippen LogP contribution is 2.60. The summed E-state index contributed by atoms with van der Waals surface area (Å²) in [7, 11) is 4.63. The highest BCUT2D eigenvalue weighted by Gasteiger charge is 2.59. The van der Waals surface area contributed by atoms with Gasteiger partial charge in [0.1, 0.15) is 30.5 Å². The Hall–Kier alpha value is -3.04. The fourth-order valence-corrected chi connectivity index (χ4v) is 11.1. The topological polar surface area (TPSA) is 189 Å². The lowest BCUT2D eigenvalue weighted by atomic mass is 9.48. The van der Waals surface area contributed by atoms with E-state index in [9.17, 15) is 39.6 Å². The van der Waals surface area contributed by atoms with Gasteiger partial charge in [0, 0.05) is 40.2 Å². The molecule has 3 heterocycles. The molecule has 2 aliphatic carbocycles. The predicted molar refractivity (Wildman–Crippen MR) is 245 cm³/mol. The van der Waals surface area contributed by atoms with Gasteiger partial charge in [-0.2, -0.15) is 0 Å². The monoisotopic (exact) mass is 900 g/mol. The van der Waals surface area contributed by atoms with Crippen LogP contribution in [0.3, 0.4) is 0 Å². The highest BCUT2D eigenvalue weighted by atomic mass is 16.5. The van der Waals surface area contributed by atoms with E-state index in [0.717, 1.165) is 12.0 Å². The number of methoxy groups -OCH3 is 3. The maximum atomic E-state index is 14.0. The Morgan fingerprint density at radius 2 is 1.45 bits per heavy atom. The van der Waals surface area contributed by atoms with E-state index in [1.165, 1.54) is 12.0 Å². The fourth-order valence-electron chi connectivity index (χ4n) is 11.1. The van der Waals surface area contributed by atoms with Crippen molar-refractivity contribution in [1.29, 1.82) is 0 Å². The first kappa shape index (κ1) is 53.6. The van der Waals surface area contributed by atoms with Gasteiger partial charge in [-0.15, -0.1) is 0 Å². The van der Waals surface area contributed by atoms with Crippen molar-refractivity contribution in [3.63, 3.8) is 0 Å². The molecule has 5 aliphatic rings. The number of aliphatic hydroxyl groups excluding tert-OH is 4. The molecule has 0 aromatic heterocycles. The zero-order chi connectivity index (χ0) is 47.5. The summed E-state index contributed by atoms with van der Waals surface area (Å²) in [4.78, 5) is 56.4. The van der Waals surface area contributed by atoms with Crippen molar-refractivity contribution in [3.05, 3.63) is 47.6 Å². The Morgan fingerprint density at radius 3 is 2.11 bits per heavy atom. The normalized spacial score (nSPS) is 41.8. The van der Waals surface area contributed by atoms with E-state index in [1.807, 2.05) is 64.2 Å². The number of nitrogens with zero attached hydrogens (tertiary/aromatic N) is 1. The zero-order valence-corrected chi connectivity index (χ0v) is 40.3. The standard InChI is InChI=1S/C51H81NO12/c1-30-16-12-11-13-17-32(3)41(61-8)27-38(53)21-19-33(4)44(55)47(58)49(59)52-23-15-14-18-39(52)50(60)64-43-29-51(36(43)7,37-20-22-40(54)42(26-37)62-9)28-31(2)25-35(6)46(57)48(63-10)45(56)34(5)24-30/h11-13,16-17,25,30-31,33-34,36-44,46,48,53-55,57H,14-15,18-24,26-29H2,1-10H3/b13-11?,16-12?,32-17+,35-25+/t30-,31-,33-,34-,36?,37+,38+,39-,40-,41+,42-,43+,44+,46-,48+,51?/m1/s1. The van der Waals surface area contributed by atoms with Crippen LogP contribution in [0.2, 0.25) is 0 Å². The lowest BCUT2D eigenvalue weighted by molar-refractivity contribution is -0.202. The van der Waals surface area contributed by atoms with Crippen LogP contribution in [0.15, 0.2) is 47.6 Å². The summed E-state index contributed by atoms with van der Waals surface area (Å²) in [6.07, 6.45) is 11.6. The Morgan fingerprint density at radius 1 is 0.734 bits per heavy atom. The number of fused-ring (bicyclic) bond motifs is 21. The number of amides is 1. The average Bonchev–Trinajstić information content (AvgIpc) is 3.28. The number of aliphatic hydroxyl groups is 4. The summed E-state index contributed by atoms with van der Waals surface area (Å²) in [5.74, 6) is -3.55. The van der Waals surface area contributed by atoms with E-state index in [1.54, 1.807) is 21.1 Å². The number of ketones is 2. The Bertz CT molecular complexity index is 1690. The molecule has 3 aliphatic heterocycles. The molecule has 5 rings (SSSR count). The van der Waals surface area contributed by atoms with Gasteiger partial charge >= 0.3 is 5.97 Å². The van der Waals surface area contributed by atoms with Crippen molar-refractivity contribution in [2.75, 3.05) is 27.9 Å². The Labute approximate surface area is 382 Å². The lowest BCUT2D eigenvalue weighted by Gasteiger charge is -2.60. The van der Waals surface area contributed by atoms with Gasteiger partial charge in [0.25, 0.3) is 5.91 Å². The quantitative estimate of drug-likeness (QED) is 0.141. The summed E-state index contributed by atoms with van der Waals surface area (Å²) in [5, 5.41) is 44.4. The molecule has 1 amide bonds. The second-order valence-corrected chi connectivity index (χ2v) is 19.9. The van der Waals surface area contributed by atoms with Crippen LogP contribution in [0.4, 0.5) is 0 Å². The van der Waals surface area contributed by atoms with Crippen LogP contribution in [0, 0.1) is 40.9 Å². The van der Waals surface area contributed by atoms with E-state index >= 15 is 0 Å². The van der Waals surface area contributed by atoms with E-state index in [2.05, 4.69) is 13.8 Å². The summed E-state index contributed by atoms with van der Waals surface area (Å²) >= 11 is 0. The Kier molecular flexibility index (Phi) is 20.6. The Balaban J connectivity index is 1.64. The number of esters is 1. The molecule has 2 saturated carbocycles. The van der Waals surface area contributed by atoms with Crippen LogP contribution in [-0.4, -0.2) is 132 Å².